The van der Waals surface area contributed by atoms with E-state index in [4.69, 9.17) is 10.5 Å². The molecule has 1 aromatic heterocycles. The molecule has 2 aromatic carbocycles. The van der Waals surface area contributed by atoms with Gasteiger partial charge in [-0.3, -0.25) is 19.0 Å². The maximum atomic E-state index is 16.1. The van der Waals surface area contributed by atoms with E-state index >= 15 is 8.78 Å². The Morgan fingerprint density at radius 1 is 1.18 bits per heavy atom. The van der Waals surface area contributed by atoms with Gasteiger partial charge in [0.25, 0.3) is 0 Å². The Morgan fingerprint density at radius 3 is 2.60 bits per heavy atom. The molecule has 1 saturated heterocycles. The van der Waals surface area contributed by atoms with Gasteiger partial charge in [0.15, 0.2) is 0 Å². The summed E-state index contributed by atoms with van der Waals surface area (Å²) < 4.78 is 50.8. The van der Waals surface area contributed by atoms with E-state index in [-0.39, 0.29) is 41.6 Å². The number of hydrogen-bond donors (Lipinski definition) is 2. The van der Waals surface area contributed by atoms with E-state index in [1.54, 1.807) is 0 Å². The number of ether oxygens (including phenoxy) is 1. The molecule has 3 aromatic rings. The van der Waals surface area contributed by atoms with Crippen LogP contribution in [0.4, 0.5) is 13.2 Å². The van der Waals surface area contributed by atoms with Crippen molar-refractivity contribution in [3.8, 4) is 5.75 Å². The van der Waals surface area contributed by atoms with Crippen LogP contribution in [-0.4, -0.2) is 64.7 Å². The molecular weight excluding hydrogens is 517 g/mol. The lowest BCUT2D eigenvalue weighted by molar-refractivity contribution is -0.233. The number of para-hydroxylation sites is 1. The summed E-state index contributed by atoms with van der Waals surface area (Å²) in [7, 11) is 0. The molecule has 0 radical (unpaired) electrons. The number of nitrogens with zero attached hydrogens (tertiary/aromatic N) is 2. The predicted molar refractivity (Wildman–Crippen MR) is 146 cm³/mol. The number of aromatic amines is 1. The second-order valence-electron chi connectivity index (χ2n) is 12.5. The van der Waals surface area contributed by atoms with Crippen LogP contribution in [0.15, 0.2) is 36.4 Å². The monoisotopic (exact) mass is 552 g/mol. The smallest absolute Gasteiger partial charge is 0.223 e. The largest absolute Gasteiger partial charge is 0.489 e. The Labute approximate surface area is 231 Å². The maximum Gasteiger partial charge on any atom is 0.223 e. The minimum atomic E-state index is -0.672. The van der Waals surface area contributed by atoms with Gasteiger partial charge in [0, 0.05) is 65.5 Å². The maximum absolute atomic E-state index is 16.1. The number of rotatable bonds is 8. The number of benzene rings is 2. The van der Waals surface area contributed by atoms with E-state index in [0.717, 1.165) is 41.5 Å². The summed E-state index contributed by atoms with van der Waals surface area (Å²) in [5.41, 5.74) is 7.75. The minimum Gasteiger partial charge on any atom is -0.489 e. The summed E-state index contributed by atoms with van der Waals surface area (Å²) in [6.07, 6.45) is 3.62. The van der Waals surface area contributed by atoms with Gasteiger partial charge in [-0.15, -0.1) is 0 Å². The molecule has 9 heteroatoms. The molecule has 40 heavy (non-hydrogen) atoms. The summed E-state index contributed by atoms with van der Waals surface area (Å²) in [4.78, 5) is 20.0. The first kappa shape index (κ1) is 25.9. The Hall–Kier alpha value is -3.04. The van der Waals surface area contributed by atoms with Crippen LogP contribution in [0.5, 0.6) is 5.75 Å². The number of carbonyl (C=O) groups is 1. The van der Waals surface area contributed by atoms with Crippen molar-refractivity contribution in [2.24, 2.45) is 11.1 Å². The van der Waals surface area contributed by atoms with Crippen LogP contribution in [0.3, 0.4) is 0 Å². The number of aromatic nitrogens is 1. The van der Waals surface area contributed by atoms with Gasteiger partial charge in [-0.1, -0.05) is 18.2 Å². The first-order valence-corrected chi connectivity index (χ1v) is 14.4. The Balaban J connectivity index is 1.25. The van der Waals surface area contributed by atoms with Gasteiger partial charge in [0.1, 0.15) is 23.5 Å². The fourth-order valence-corrected chi connectivity index (χ4v) is 8.22. The van der Waals surface area contributed by atoms with Crippen LogP contribution in [-0.2, 0) is 11.2 Å². The molecule has 3 saturated carbocycles. The number of nitrogens with one attached hydrogen (secondary N) is 1. The molecule has 8 rings (SSSR count). The third-order valence-corrected chi connectivity index (χ3v) is 9.91. The summed E-state index contributed by atoms with van der Waals surface area (Å²) in [5.74, 6) is -1.41. The second-order valence-corrected chi connectivity index (χ2v) is 12.5. The number of carbonyl (C=O) groups excluding carboxylic acids is 1. The van der Waals surface area contributed by atoms with Gasteiger partial charge in [-0.05, 0) is 57.1 Å². The van der Waals surface area contributed by atoms with Gasteiger partial charge in [-0.2, -0.15) is 0 Å². The van der Waals surface area contributed by atoms with Crippen molar-refractivity contribution in [2.75, 3.05) is 26.3 Å². The highest BCUT2D eigenvalue weighted by Crippen LogP contribution is 2.72. The number of fused-ring (bicyclic) bond motifs is 3. The zero-order valence-corrected chi connectivity index (χ0v) is 22.7. The number of primary amides is 1. The Bertz CT molecular complexity index is 1450. The molecule has 2 bridgehead atoms. The van der Waals surface area contributed by atoms with Crippen LogP contribution in [0.25, 0.3) is 10.9 Å². The van der Waals surface area contributed by atoms with Crippen LogP contribution in [0.2, 0.25) is 0 Å². The third kappa shape index (κ3) is 3.80. The summed E-state index contributed by atoms with van der Waals surface area (Å²) in [5, 5.41) is 1.07. The molecule has 0 unspecified atom stereocenters. The van der Waals surface area contributed by atoms with Gasteiger partial charge in [-0.25, -0.2) is 8.78 Å². The van der Waals surface area contributed by atoms with Gasteiger partial charge in [0.05, 0.1) is 18.1 Å². The highest BCUT2D eigenvalue weighted by atomic mass is 19.1. The molecule has 0 spiro atoms. The minimum absolute atomic E-state index is 0.000510. The second kappa shape index (κ2) is 9.24. The van der Waals surface area contributed by atoms with E-state index in [1.807, 2.05) is 18.2 Å². The van der Waals surface area contributed by atoms with Crippen molar-refractivity contribution in [1.29, 1.82) is 0 Å². The molecular formula is C31H35F3N4O2. The zero-order valence-electron chi connectivity index (χ0n) is 22.7. The molecule has 5 aliphatic rings. The van der Waals surface area contributed by atoms with Crippen molar-refractivity contribution in [1.82, 2.24) is 14.8 Å². The van der Waals surface area contributed by atoms with Crippen molar-refractivity contribution >= 4 is 16.8 Å². The predicted octanol–water partition coefficient (Wildman–Crippen LogP) is 5.00. The lowest BCUT2D eigenvalue weighted by atomic mass is 9.38. The number of amides is 1. The average molecular weight is 553 g/mol. The third-order valence-electron chi connectivity index (χ3n) is 9.91. The van der Waals surface area contributed by atoms with Gasteiger partial charge in [0.2, 0.25) is 5.91 Å². The first-order chi connectivity index (χ1) is 19.2. The molecule has 2 aliphatic heterocycles. The van der Waals surface area contributed by atoms with Crippen LogP contribution in [0, 0.1) is 17.0 Å². The molecule has 6 nitrogen and oxygen atoms in total. The zero-order chi connectivity index (χ0) is 27.8. The lowest BCUT2D eigenvalue weighted by Gasteiger charge is -2.74. The fraction of sp³-hybridized carbons (Fsp3) is 0.516. The SMILES string of the molecule is C[C@H]1Cc2c([nH]c3ccccc23)[C@H](c2c(F)cc(O[C@@H]3CCN(CCCF)C3)cc2F)N1C12CC(C(N)=O)(C1)C2. The first-order valence-electron chi connectivity index (χ1n) is 14.4. The van der Waals surface area contributed by atoms with Crippen molar-refractivity contribution in [3.05, 3.63) is 64.9 Å². The van der Waals surface area contributed by atoms with Gasteiger partial charge >= 0.3 is 0 Å². The van der Waals surface area contributed by atoms with Crippen molar-refractivity contribution in [3.63, 3.8) is 0 Å². The molecule has 3 atom stereocenters. The summed E-state index contributed by atoms with van der Waals surface area (Å²) >= 11 is 0. The van der Waals surface area contributed by atoms with Crippen LogP contribution in [0.1, 0.15) is 61.9 Å². The van der Waals surface area contributed by atoms with Crippen molar-refractivity contribution < 1.29 is 22.7 Å². The summed E-state index contributed by atoms with van der Waals surface area (Å²) in [6, 6.07) is 9.91. The lowest BCUT2D eigenvalue weighted by Crippen LogP contribution is -2.79. The number of H-pyrrole nitrogens is 1. The normalized spacial score (nSPS) is 31.6. The van der Waals surface area contributed by atoms with Crippen molar-refractivity contribution in [2.45, 2.75) is 69.2 Å². The summed E-state index contributed by atoms with van der Waals surface area (Å²) in [6.45, 7) is 3.79. The van der Waals surface area contributed by atoms with Gasteiger partial charge < -0.3 is 15.5 Å². The number of hydrogen-bond acceptors (Lipinski definition) is 4. The molecule has 3 heterocycles. The Kier molecular flexibility index (Phi) is 5.98. The molecule has 3 aliphatic carbocycles. The highest BCUT2D eigenvalue weighted by molar-refractivity contribution is 5.87. The average Bonchev–Trinajstić information content (AvgIpc) is 3.46. The van der Waals surface area contributed by atoms with Crippen LogP contribution < -0.4 is 10.5 Å². The van der Waals surface area contributed by atoms with E-state index in [2.05, 4.69) is 27.8 Å². The molecule has 212 valence electrons. The number of halogens is 3. The molecule has 4 fully saturated rings. The van der Waals surface area contributed by atoms with E-state index in [1.165, 1.54) is 12.1 Å². The molecule has 1 amide bonds. The topological polar surface area (TPSA) is 74.6 Å². The highest BCUT2D eigenvalue weighted by Gasteiger charge is 2.74. The standard InChI is InChI=1S/C31H35F3N4O2/c1-18-11-22-21-5-2-3-6-25(21)36-27(22)28(38(18)31-15-30(16-31,17-31)29(35)39)26-23(33)12-20(13-24(26)34)40-19-7-10-37(14-19)9-4-8-32/h2-3,5-6,12-13,18-19,28,36H,4,7-11,14-17H2,1H3,(H2,35,39)/t18-,19+,28-,30?,31?/m0/s1. The van der Waals surface area contributed by atoms with E-state index in [0.29, 0.717) is 38.8 Å². The Morgan fingerprint density at radius 2 is 1.90 bits per heavy atom. The van der Waals surface area contributed by atoms with E-state index in [9.17, 15) is 9.18 Å². The van der Waals surface area contributed by atoms with Crippen LogP contribution >= 0.6 is 0 Å². The van der Waals surface area contributed by atoms with E-state index < -0.39 is 23.1 Å². The number of likely N-dealkylation sites (tertiary alicyclic amines) is 1. The number of nitrogens with two attached hydrogens (primary N) is 1. The molecule has 3 N–H and O–H groups in total. The number of alkyl halides is 1. The quantitative estimate of drug-likeness (QED) is 0.413. The fourth-order valence-electron chi connectivity index (χ4n) is 8.22.